The highest BCUT2D eigenvalue weighted by Crippen LogP contribution is 2.19. The zero-order chi connectivity index (χ0) is 14.7. The summed E-state index contributed by atoms with van der Waals surface area (Å²) in [6, 6.07) is 4.28. The van der Waals surface area contributed by atoms with Crippen molar-refractivity contribution in [1.29, 1.82) is 0 Å². The lowest BCUT2D eigenvalue weighted by molar-refractivity contribution is 0.0698. The number of anilines is 2. The molecule has 0 unspecified atom stereocenters. The van der Waals surface area contributed by atoms with Gasteiger partial charge in [0, 0.05) is 11.1 Å². The minimum atomic E-state index is -1.09. The van der Waals surface area contributed by atoms with Gasteiger partial charge in [-0.25, -0.2) is 14.6 Å². The molecule has 0 aliphatic rings. The smallest absolute Gasteiger partial charge is 0.337 e. The second-order valence-corrected chi connectivity index (χ2v) is 5.44. The molecule has 104 valence electrons. The Labute approximate surface area is 119 Å². The van der Waals surface area contributed by atoms with Crippen LogP contribution in [0.2, 0.25) is 0 Å². The van der Waals surface area contributed by atoms with Gasteiger partial charge in [0.15, 0.2) is 5.13 Å². The minimum absolute atomic E-state index is 0.0514. The van der Waals surface area contributed by atoms with Crippen molar-refractivity contribution < 1.29 is 14.7 Å². The zero-order valence-corrected chi connectivity index (χ0v) is 11.7. The molecule has 2 rings (SSSR count). The van der Waals surface area contributed by atoms with Gasteiger partial charge in [0.1, 0.15) is 0 Å². The fourth-order valence-corrected chi connectivity index (χ4v) is 2.27. The number of aryl methyl sites for hydroxylation is 2. The SMILES string of the molecule is Cc1ccc(NC(=O)Nc2ncc(C)s2)c(C(=O)O)c1. The highest BCUT2D eigenvalue weighted by molar-refractivity contribution is 7.15. The van der Waals surface area contributed by atoms with Gasteiger partial charge in [0.25, 0.3) is 0 Å². The summed E-state index contributed by atoms with van der Waals surface area (Å²) in [5.74, 6) is -1.09. The number of nitrogens with zero attached hydrogens (tertiary/aromatic N) is 1. The van der Waals surface area contributed by atoms with E-state index in [9.17, 15) is 9.59 Å². The summed E-state index contributed by atoms with van der Waals surface area (Å²) in [7, 11) is 0. The van der Waals surface area contributed by atoms with E-state index in [-0.39, 0.29) is 11.3 Å². The van der Waals surface area contributed by atoms with Crippen LogP contribution >= 0.6 is 11.3 Å². The molecule has 7 heteroatoms. The molecule has 6 nitrogen and oxygen atoms in total. The van der Waals surface area contributed by atoms with Crippen molar-refractivity contribution in [2.24, 2.45) is 0 Å². The summed E-state index contributed by atoms with van der Waals surface area (Å²) in [4.78, 5) is 27.9. The Morgan fingerprint density at radius 3 is 2.60 bits per heavy atom. The number of carboxylic acids is 1. The van der Waals surface area contributed by atoms with E-state index < -0.39 is 12.0 Å². The number of carbonyl (C=O) groups excluding carboxylic acids is 1. The van der Waals surface area contributed by atoms with Gasteiger partial charge in [-0.05, 0) is 26.0 Å². The van der Waals surface area contributed by atoms with Crippen LogP contribution in [-0.4, -0.2) is 22.1 Å². The molecule has 1 heterocycles. The second-order valence-electron chi connectivity index (χ2n) is 4.21. The van der Waals surface area contributed by atoms with Crippen molar-refractivity contribution in [2.75, 3.05) is 10.6 Å². The van der Waals surface area contributed by atoms with E-state index in [0.717, 1.165) is 10.4 Å². The van der Waals surface area contributed by atoms with Crippen LogP contribution in [0.5, 0.6) is 0 Å². The molecular formula is C13H13N3O3S. The number of urea groups is 1. The average Bonchev–Trinajstić information content (AvgIpc) is 2.76. The second kappa shape index (κ2) is 5.70. The Hall–Kier alpha value is -2.41. The summed E-state index contributed by atoms with van der Waals surface area (Å²) in [5, 5.41) is 14.6. The quantitative estimate of drug-likeness (QED) is 0.810. The molecule has 0 aliphatic carbocycles. The first-order valence-corrected chi connectivity index (χ1v) is 6.62. The predicted octanol–water partition coefficient (Wildman–Crippen LogP) is 3.10. The van der Waals surface area contributed by atoms with Gasteiger partial charge in [-0.3, -0.25) is 5.32 Å². The van der Waals surface area contributed by atoms with Crippen LogP contribution in [0.15, 0.2) is 24.4 Å². The first kappa shape index (κ1) is 14.0. The molecule has 20 heavy (non-hydrogen) atoms. The van der Waals surface area contributed by atoms with E-state index in [1.165, 1.54) is 17.4 Å². The molecule has 0 saturated carbocycles. The number of hydrogen-bond donors (Lipinski definition) is 3. The Bertz CT molecular complexity index is 667. The van der Waals surface area contributed by atoms with Crippen LogP contribution in [-0.2, 0) is 0 Å². The standard InChI is InChI=1S/C13H13N3O3S/c1-7-3-4-10(9(5-7)11(17)18)15-12(19)16-13-14-6-8(2)20-13/h3-6H,1-2H3,(H,17,18)(H2,14,15,16,19). The molecule has 1 aromatic carbocycles. The number of amides is 2. The minimum Gasteiger partial charge on any atom is -0.478 e. The van der Waals surface area contributed by atoms with Crippen molar-refractivity contribution >= 4 is 34.2 Å². The molecule has 0 spiro atoms. The third kappa shape index (κ3) is 3.33. The molecular weight excluding hydrogens is 278 g/mol. The van der Waals surface area contributed by atoms with Crippen molar-refractivity contribution in [3.8, 4) is 0 Å². The molecule has 0 radical (unpaired) electrons. The lowest BCUT2D eigenvalue weighted by atomic mass is 10.1. The molecule has 0 aliphatic heterocycles. The number of aromatic nitrogens is 1. The van der Waals surface area contributed by atoms with E-state index in [2.05, 4.69) is 15.6 Å². The summed E-state index contributed by atoms with van der Waals surface area (Å²) in [6.07, 6.45) is 1.65. The van der Waals surface area contributed by atoms with E-state index in [0.29, 0.717) is 5.13 Å². The number of nitrogens with one attached hydrogen (secondary N) is 2. The normalized spacial score (nSPS) is 10.1. The largest absolute Gasteiger partial charge is 0.478 e. The van der Waals surface area contributed by atoms with Crippen molar-refractivity contribution in [2.45, 2.75) is 13.8 Å². The van der Waals surface area contributed by atoms with Gasteiger partial charge in [0.05, 0.1) is 11.3 Å². The first-order chi connectivity index (χ1) is 9.45. The van der Waals surface area contributed by atoms with Crippen LogP contribution in [0.25, 0.3) is 0 Å². The average molecular weight is 291 g/mol. The number of aromatic carboxylic acids is 1. The van der Waals surface area contributed by atoms with Gasteiger partial charge in [-0.1, -0.05) is 11.6 Å². The van der Waals surface area contributed by atoms with Crippen molar-refractivity contribution in [3.63, 3.8) is 0 Å². The third-order valence-corrected chi connectivity index (χ3v) is 3.32. The molecule has 3 N–H and O–H groups in total. The molecule has 0 saturated heterocycles. The maximum Gasteiger partial charge on any atom is 0.337 e. The lowest BCUT2D eigenvalue weighted by Gasteiger charge is -2.09. The van der Waals surface area contributed by atoms with E-state index in [1.807, 2.05) is 6.92 Å². The Morgan fingerprint density at radius 2 is 2.00 bits per heavy atom. The summed E-state index contributed by atoms with van der Waals surface area (Å²) >= 11 is 1.34. The van der Waals surface area contributed by atoms with Crippen LogP contribution in [0.4, 0.5) is 15.6 Å². The van der Waals surface area contributed by atoms with Gasteiger partial charge >= 0.3 is 12.0 Å². The summed E-state index contributed by atoms with van der Waals surface area (Å²) in [6.45, 7) is 3.66. The third-order valence-electron chi connectivity index (χ3n) is 2.50. The summed E-state index contributed by atoms with van der Waals surface area (Å²) < 4.78 is 0. The van der Waals surface area contributed by atoms with Gasteiger partial charge < -0.3 is 10.4 Å². The van der Waals surface area contributed by atoms with Crippen LogP contribution in [0, 0.1) is 13.8 Å². The van der Waals surface area contributed by atoms with E-state index in [4.69, 9.17) is 5.11 Å². The maximum atomic E-state index is 11.8. The van der Waals surface area contributed by atoms with Crippen LogP contribution in [0.1, 0.15) is 20.8 Å². The molecule has 2 amide bonds. The monoisotopic (exact) mass is 291 g/mol. The maximum absolute atomic E-state index is 11.8. The number of thiazole rings is 1. The fraction of sp³-hybridized carbons (Fsp3) is 0.154. The predicted molar refractivity (Wildman–Crippen MR) is 77.6 cm³/mol. The molecule has 0 fully saturated rings. The van der Waals surface area contributed by atoms with E-state index in [1.54, 1.807) is 25.3 Å². The zero-order valence-electron chi connectivity index (χ0n) is 10.9. The molecule has 0 atom stereocenters. The lowest BCUT2D eigenvalue weighted by Crippen LogP contribution is -2.21. The molecule has 2 aromatic rings. The number of benzene rings is 1. The van der Waals surface area contributed by atoms with Crippen molar-refractivity contribution in [3.05, 3.63) is 40.4 Å². The van der Waals surface area contributed by atoms with Crippen LogP contribution < -0.4 is 10.6 Å². The van der Waals surface area contributed by atoms with Gasteiger partial charge in [-0.2, -0.15) is 0 Å². The number of carbonyl (C=O) groups is 2. The number of carboxylic acid groups (broad SMARTS) is 1. The van der Waals surface area contributed by atoms with Gasteiger partial charge in [-0.15, -0.1) is 11.3 Å². The Kier molecular flexibility index (Phi) is 3.99. The number of hydrogen-bond acceptors (Lipinski definition) is 4. The molecule has 0 bridgehead atoms. The molecule has 1 aromatic heterocycles. The highest BCUT2D eigenvalue weighted by Gasteiger charge is 2.13. The Balaban J connectivity index is 2.13. The van der Waals surface area contributed by atoms with Crippen LogP contribution in [0.3, 0.4) is 0 Å². The van der Waals surface area contributed by atoms with Crippen molar-refractivity contribution in [1.82, 2.24) is 4.98 Å². The topological polar surface area (TPSA) is 91.3 Å². The van der Waals surface area contributed by atoms with Gasteiger partial charge in [0.2, 0.25) is 0 Å². The first-order valence-electron chi connectivity index (χ1n) is 5.80. The highest BCUT2D eigenvalue weighted by atomic mass is 32.1. The van der Waals surface area contributed by atoms with E-state index >= 15 is 0 Å². The summed E-state index contributed by atoms with van der Waals surface area (Å²) in [5.41, 5.74) is 1.10. The number of rotatable bonds is 3. The Morgan fingerprint density at radius 1 is 1.25 bits per heavy atom. The fourth-order valence-electron chi connectivity index (χ4n) is 1.61.